The zero-order valence-electron chi connectivity index (χ0n) is 16.2. The highest BCUT2D eigenvalue weighted by Gasteiger charge is 2.39. The Morgan fingerprint density at radius 1 is 1.30 bits per heavy atom. The standard InChI is InChI=1S/C21H24N4O5/c22-19(23)14-4-6-15(7-5-14)24-20(28)17(27)18-21(29)25(9-11-30-18)16-3-1-2-13(12-16)8-10-26/h1-7,12,17-18,26-27H,8-11H2,(H3,22,23)(H,24,28)/t17?,18-/m1/s1. The summed E-state index contributed by atoms with van der Waals surface area (Å²) in [5.74, 6) is -1.39. The van der Waals surface area contributed by atoms with Crippen LogP contribution in [-0.2, 0) is 20.7 Å². The minimum Gasteiger partial charge on any atom is -0.396 e. The summed E-state index contributed by atoms with van der Waals surface area (Å²) >= 11 is 0. The topological polar surface area (TPSA) is 149 Å². The molecule has 2 amide bonds. The van der Waals surface area contributed by atoms with Gasteiger partial charge in [-0.05, 0) is 48.4 Å². The molecule has 0 bridgehead atoms. The predicted molar refractivity (Wildman–Crippen MR) is 111 cm³/mol. The highest BCUT2D eigenvalue weighted by atomic mass is 16.5. The number of nitrogens with two attached hydrogens (primary N) is 1. The van der Waals surface area contributed by atoms with Gasteiger partial charge in [0.25, 0.3) is 11.8 Å². The molecule has 1 heterocycles. The number of ether oxygens (including phenoxy) is 1. The molecule has 1 aliphatic heterocycles. The number of nitrogens with one attached hydrogen (secondary N) is 2. The van der Waals surface area contributed by atoms with Gasteiger partial charge in [-0.1, -0.05) is 12.1 Å². The lowest BCUT2D eigenvalue weighted by Gasteiger charge is -2.34. The number of amidine groups is 1. The van der Waals surface area contributed by atoms with E-state index in [1.54, 1.807) is 42.5 Å². The maximum atomic E-state index is 12.9. The lowest BCUT2D eigenvalue weighted by molar-refractivity contribution is -0.150. The van der Waals surface area contributed by atoms with Crippen LogP contribution in [0.4, 0.5) is 11.4 Å². The van der Waals surface area contributed by atoms with E-state index in [-0.39, 0.29) is 19.0 Å². The van der Waals surface area contributed by atoms with Gasteiger partial charge in [-0.2, -0.15) is 0 Å². The molecule has 1 unspecified atom stereocenters. The molecule has 3 rings (SSSR count). The van der Waals surface area contributed by atoms with Crippen molar-refractivity contribution in [2.45, 2.75) is 18.6 Å². The second kappa shape index (κ2) is 9.49. The van der Waals surface area contributed by atoms with Gasteiger partial charge in [-0.3, -0.25) is 15.0 Å². The smallest absolute Gasteiger partial charge is 0.259 e. The molecule has 0 radical (unpaired) electrons. The van der Waals surface area contributed by atoms with Crippen LogP contribution in [0.2, 0.25) is 0 Å². The molecule has 1 saturated heterocycles. The fourth-order valence-corrected chi connectivity index (χ4v) is 3.18. The molecule has 0 saturated carbocycles. The summed E-state index contributed by atoms with van der Waals surface area (Å²) in [5.41, 5.74) is 7.78. The number of rotatable bonds is 7. The maximum absolute atomic E-state index is 12.9. The summed E-state index contributed by atoms with van der Waals surface area (Å²) in [5, 5.41) is 29.5. The Morgan fingerprint density at radius 3 is 2.70 bits per heavy atom. The molecule has 158 valence electrons. The molecule has 0 aromatic heterocycles. The minimum atomic E-state index is -1.70. The highest BCUT2D eigenvalue weighted by Crippen LogP contribution is 2.22. The van der Waals surface area contributed by atoms with Gasteiger partial charge in [-0.15, -0.1) is 0 Å². The van der Waals surface area contributed by atoms with E-state index in [1.165, 1.54) is 4.90 Å². The molecular weight excluding hydrogens is 388 g/mol. The van der Waals surface area contributed by atoms with Crippen molar-refractivity contribution in [1.29, 1.82) is 5.41 Å². The molecule has 2 aromatic rings. The number of hydrogen-bond donors (Lipinski definition) is 5. The number of anilines is 2. The van der Waals surface area contributed by atoms with Crippen LogP contribution in [0.1, 0.15) is 11.1 Å². The maximum Gasteiger partial charge on any atom is 0.259 e. The molecular formula is C21H24N4O5. The Kier molecular flexibility index (Phi) is 6.78. The van der Waals surface area contributed by atoms with Gasteiger partial charge in [0.15, 0.2) is 12.2 Å². The van der Waals surface area contributed by atoms with E-state index < -0.39 is 24.0 Å². The van der Waals surface area contributed by atoms with Crippen molar-refractivity contribution in [3.8, 4) is 0 Å². The summed E-state index contributed by atoms with van der Waals surface area (Å²) in [7, 11) is 0. The monoisotopic (exact) mass is 412 g/mol. The summed E-state index contributed by atoms with van der Waals surface area (Å²) < 4.78 is 5.40. The molecule has 1 aliphatic rings. The molecule has 1 fully saturated rings. The zero-order valence-corrected chi connectivity index (χ0v) is 16.2. The van der Waals surface area contributed by atoms with Gasteiger partial charge in [0.05, 0.1) is 6.61 Å². The number of nitrogens with zero attached hydrogens (tertiary/aromatic N) is 1. The molecule has 9 heteroatoms. The number of carbonyl (C=O) groups is 2. The lowest BCUT2D eigenvalue weighted by atomic mass is 10.1. The van der Waals surface area contributed by atoms with Gasteiger partial charge >= 0.3 is 0 Å². The number of hydrogen-bond acceptors (Lipinski definition) is 6. The van der Waals surface area contributed by atoms with Crippen molar-refractivity contribution in [2.24, 2.45) is 5.73 Å². The van der Waals surface area contributed by atoms with Crippen LogP contribution in [0.15, 0.2) is 48.5 Å². The summed E-state index contributed by atoms with van der Waals surface area (Å²) in [6, 6.07) is 13.4. The Morgan fingerprint density at radius 2 is 2.03 bits per heavy atom. The van der Waals surface area contributed by atoms with Crippen LogP contribution in [0.25, 0.3) is 0 Å². The van der Waals surface area contributed by atoms with Crippen molar-refractivity contribution < 1.29 is 24.5 Å². The molecule has 0 aliphatic carbocycles. The zero-order chi connectivity index (χ0) is 21.7. The van der Waals surface area contributed by atoms with Crippen molar-refractivity contribution in [3.05, 3.63) is 59.7 Å². The lowest BCUT2D eigenvalue weighted by Crippen LogP contribution is -2.55. The second-order valence-electron chi connectivity index (χ2n) is 6.85. The van der Waals surface area contributed by atoms with Crippen LogP contribution < -0.4 is 16.0 Å². The number of amides is 2. The van der Waals surface area contributed by atoms with Gasteiger partial charge < -0.3 is 30.9 Å². The number of morpholine rings is 1. The SMILES string of the molecule is N=C(N)c1ccc(NC(=O)C(O)[C@H]2OCCN(c3cccc(CCO)c3)C2=O)cc1. The first kappa shape index (κ1) is 21.4. The van der Waals surface area contributed by atoms with E-state index in [0.717, 1.165) is 5.56 Å². The second-order valence-corrected chi connectivity index (χ2v) is 6.85. The summed E-state index contributed by atoms with van der Waals surface area (Å²) in [4.78, 5) is 26.8. The van der Waals surface area contributed by atoms with Crippen LogP contribution >= 0.6 is 0 Å². The first-order valence-corrected chi connectivity index (χ1v) is 9.47. The van der Waals surface area contributed by atoms with Crippen molar-refractivity contribution in [3.63, 3.8) is 0 Å². The van der Waals surface area contributed by atoms with Gasteiger partial charge in [-0.25, -0.2) is 0 Å². The third-order valence-electron chi connectivity index (χ3n) is 4.76. The van der Waals surface area contributed by atoms with E-state index >= 15 is 0 Å². The van der Waals surface area contributed by atoms with Crippen molar-refractivity contribution in [1.82, 2.24) is 0 Å². The van der Waals surface area contributed by atoms with E-state index in [4.69, 9.17) is 21.0 Å². The first-order chi connectivity index (χ1) is 14.4. The number of aliphatic hydroxyl groups excluding tert-OH is 2. The van der Waals surface area contributed by atoms with Crippen LogP contribution in [0.5, 0.6) is 0 Å². The summed E-state index contributed by atoms with van der Waals surface area (Å²) in [6.45, 7) is 0.451. The van der Waals surface area contributed by atoms with Crippen molar-refractivity contribution in [2.75, 3.05) is 30.0 Å². The molecule has 30 heavy (non-hydrogen) atoms. The van der Waals surface area contributed by atoms with E-state index in [0.29, 0.717) is 29.9 Å². The van der Waals surface area contributed by atoms with Crippen LogP contribution in [0, 0.1) is 5.41 Å². The van der Waals surface area contributed by atoms with Crippen LogP contribution in [-0.4, -0.2) is 59.8 Å². The predicted octanol–water partition coefficient (Wildman–Crippen LogP) is 0.237. The summed E-state index contributed by atoms with van der Waals surface area (Å²) in [6.07, 6.45) is -2.58. The van der Waals surface area contributed by atoms with E-state index in [2.05, 4.69) is 5.32 Å². The van der Waals surface area contributed by atoms with Crippen LogP contribution in [0.3, 0.4) is 0 Å². The fourth-order valence-electron chi connectivity index (χ4n) is 3.18. The average Bonchev–Trinajstić information content (AvgIpc) is 2.74. The largest absolute Gasteiger partial charge is 0.396 e. The van der Waals surface area contributed by atoms with E-state index in [1.807, 2.05) is 6.07 Å². The fraction of sp³-hybridized carbons (Fsp3) is 0.286. The molecule has 0 spiro atoms. The third kappa shape index (κ3) is 4.82. The van der Waals surface area contributed by atoms with Gasteiger partial charge in [0, 0.05) is 30.1 Å². The number of carbonyl (C=O) groups excluding carboxylic acids is 2. The van der Waals surface area contributed by atoms with Gasteiger partial charge in [0.1, 0.15) is 5.84 Å². The quantitative estimate of drug-likeness (QED) is 0.325. The Balaban J connectivity index is 1.69. The molecule has 9 nitrogen and oxygen atoms in total. The Bertz CT molecular complexity index is 931. The molecule has 2 atom stereocenters. The average molecular weight is 412 g/mol. The minimum absolute atomic E-state index is 0.00455. The highest BCUT2D eigenvalue weighted by molar-refractivity contribution is 6.04. The van der Waals surface area contributed by atoms with Gasteiger partial charge in [0.2, 0.25) is 0 Å². The van der Waals surface area contributed by atoms with Crippen molar-refractivity contribution >= 4 is 29.0 Å². The third-order valence-corrected chi connectivity index (χ3v) is 4.76. The molecule has 6 N–H and O–H groups in total. The number of nitrogen functional groups attached to an aromatic ring is 1. The normalized spacial score (nSPS) is 17.5. The number of benzene rings is 2. The number of aliphatic hydroxyl groups is 2. The molecule has 2 aromatic carbocycles. The van der Waals surface area contributed by atoms with E-state index in [9.17, 15) is 14.7 Å². The first-order valence-electron chi connectivity index (χ1n) is 9.47. The Labute approximate surface area is 173 Å². The Hall–Kier alpha value is -3.27.